The Hall–Kier alpha value is -4.17. The van der Waals surface area contributed by atoms with E-state index in [9.17, 15) is 18.8 Å². The number of halogens is 2. The van der Waals surface area contributed by atoms with E-state index >= 15 is 0 Å². The topological polar surface area (TPSA) is 70.2 Å². The van der Waals surface area contributed by atoms with Crippen LogP contribution in [0.1, 0.15) is 47.7 Å². The van der Waals surface area contributed by atoms with Gasteiger partial charge in [0.1, 0.15) is 5.82 Å². The first-order valence-corrected chi connectivity index (χ1v) is 14.5. The number of hydrogen-bond acceptors (Lipinski definition) is 5. The molecule has 218 valence electrons. The molecule has 0 N–H and O–H groups in total. The third-order valence-corrected chi connectivity index (χ3v) is 8.06. The zero-order valence-corrected chi connectivity index (χ0v) is 24.4. The van der Waals surface area contributed by atoms with Gasteiger partial charge in [0.25, 0.3) is 5.91 Å². The van der Waals surface area contributed by atoms with Crippen molar-refractivity contribution in [2.75, 3.05) is 37.7 Å². The second-order valence-electron chi connectivity index (χ2n) is 10.5. The molecule has 2 heterocycles. The Kier molecular flexibility index (Phi) is 8.92. The highest BCUT2D eigenvalue weighted by Gasteiger charge is 2.37. The maximum Gasteiger partial charge on any atom is 0.336 e. The summed E-state index contributed by atoms with van der Waals surface area (Å²) in [7, 11) is 0. The van der Waals surface area contributed by atoms with Crippen molar-refractivity contribution in [2.45, 2.75) is 32.7 Å². The minimum atomic E-state index is -0.609. The van der Waals surface area contributed by atoms with Crippen LogP contribution >= 0.6 is 11.6 Å². The molecule has 7 nitrogen and oxygen atoms in total. The van der Waals surface area contributed by atoms with Crippen molar-refractivity contribution in [2.24, 2.45) is 0 Å². The third-order valence-electron chi connectivity index (χ3n) is 7.82. The van der Waals surface area contributed by atoms with E-state index in [-0.39, 0.29) is 31.4 Å². The number of nitrogens with zero attached hydrogens (tertiary/aromatic N) is 3. The van der Waals surface area contributed by atoms with Crippen molar-refractivity contribution in [3.8, 4) is 0 Å². The Morgan fingerprint density at radius 1 is 0.976 bits per heavy atom. The van der Waals surface area contributed by atoms with Gasteiger partial charge in [0.2, 0.25) is 5.91 Å². The molecule has 2 aliphatic rings. The van der Waals surface area contributed by atoms with E-state index in [2.05, 4.69) is 4.90 Å². The number of esters is 1. The van der Waals surface area contributed by atoms with Gasteiger partial charge in [-0.1, -0.05) is 41.9 Å². The fraction of sp³-hybridized carbons (Fsp3) is 0.303. The number of anilines is 1. The number of ether oxygens (including phenoxy) is 1. The van der Waals surface area contributed by atoms with Gasteiger partial charge in [-0.3, -0.25) is 9.59 Å². The summed E-state index contributed by atoms with van der Waals surface area (Å²) in [6.45, 7) is 6.34. The number of piperazine rings is 1. The molecule has 0 spiro atoms. The van der Waals surface area contributed by atoms with Crippen molar-refractivity contribution in [3.63, 3.8) is 0 Å². The molecule has 5 rings (SSSR count). The molecular weight excluding hydrogens is 557 g/mol. The third kappa shape index (κ3) is 6.34. The summed E-state index contributed by atoms with van der Waals surface area (Å²) in [5.41, 5.74) is 3.69. The van der Waals surface area contributed by atoms with Crippen LogP contribution in [0.15, 0.2) is 84.1 Å². The Morgan fingerprint density at radius 2 is 1.71 bits per heavy atom. The molecule has 1 atom stereocenters. The van der Waals surface area contributed by atoms with Gasteiger partial charge in [-0.15, -0.1) is 0 Å². The number of amides is 2. The fourth-order valence-corrected chi connectivity index (χ4v) is 5.88. The second kappa shape index (κ2) is 12.8. The largest absolute Gasteiger partial charge is 0.463 e. The van der Waals surface area contributed by atoms with Crippen molar-refractivity contribution in [1.29, 1.82) is 0 Å². The number of carbonyl (C=O) groups excluding carboxylic acids is 3. The molecule has 0 aromatic heterocycles. The monoisotopic (exact) mass is 589 g/mol. The lowest BCUT2D eigenvalue weighted by Crippen LogP contribution is -2.48. The minimum Gasteiger partial charge on any atom is -0.463 e. The summed E-state index contributed by atoms with van der Waals surface area (Å²) >= 11 is 6.15. The van der Waals surface area contributed by atoms with Crippen LogP contribution < -0.4 is 4.90 Å². The highest BCUT2D eigenvalue weighted by Crippen LogP contribution is 2.38. The lowest BCUT2D eigenvalue weighted by molar-refractivity contribution is -0.140. The van der Waals surface area contributed by atoms with Gasteiger partial charge in [-0.05, 0) is 67.4 Å². The highest BCUT2D eigenvalue weighted by molar-refractivity contribution is 6.30. The molecule has 0 radical (unpaired) electrons. The Balaban J connectivity index is 1.33. The van der Waals surface area contributed by atoms with Crippen LogP contribution in [0.2, 0.25) is 5.02 Å². The van der Waals surface area contributed by atoms with E-state index in [4.69, 9.17) is 16.3 Å². The molecule has 9 heteroatoms. The Morgan fingerprint density at radius 3 is 2.43 bits per heavy atom. The summed E-state index contributed by atoms with van der Waals surface area (Å²) in [5, 5.41) is 0.680. The Labute approximate surface area is 250 Å². The van der Waals surface area contributed by atoms with Crippen LogP contribution in [0.3, 0.4) is 0 Å². The zero-order chi connectivity index (χ0) is 29.8. The van der Waals surface area contributed by atoms with Gasteiger partial charge in [0.05, 0.1) is 18.7 Å². The van der Waals surface area contributed by atoms with Gasteiger partial charge < -0.3 is 19.4 Å². The van der Waals surface area contributed by atoms with Gasteiger partial charge in [-0.25, -0.2) is 9.18 Å². The number of hydrogen-bond donors (Lipinski definition) is 0. The summed E-state index contributed by atoms with van der Waals surface area (Å²) in [6.07, 6.45) is 0.00443. The highest BCUT2D eigenvalue weighted by atomic mass is 35.5. The van der Waals surface area contributed by atoms with Gasteiger partial charge in [0, 0.05) is 60.5 Å². The smallest absolute Gasteiger partial charge is 0.336 e. The molecular formula is C33H33ClFN3O4. The first-order chi connectivity index (χ1) is 20.2. The summed E-state index contributed by atoms with van der Waals surface area (Å²) in [4.78, 5) is 45.5. The maximum absolute atomic E-state index is 14.0. The molecule has 2 amide bonds. The van der Waals surface area contributed by atoms with E-state index in [1.54, 1.807) is 49.1 Å². The van der Waals surface area contributed by atoms with E-state index < -0.39 is 17.7 Å². The SMILES string of the molecule is CCOC(=O)C1=C(C)N(Cc2cccc(C(=O)N3CCN(c4cccc(Cl)c4)CC3)c2)C(=O)CC1c1cccc(F)c1. The number of allylic oxidation sites excluding steroid dienone is 1. The molecule has 3 aromatic carbocycles. The van der Waals surface area contributed by atoms with Crippen LogP contribution in [0.4, 0.5) is 10.1 Å². The molecule has 3 aromatic rings. The molecule has 1 fully saturated rings. The van der Waals surface area contributed by atoms with Crippen LogP contribution in [-0.2, 0) is 20.9 Å². The molecule has 1 saturated heterocycles. The lowest BCUT2D eigenvalue weighted by atomic mass is 9.83. The normalized spacial score (nSPS) is 17.5. The van der Waals surface area contributed by atoms with Crippen LogP contribution in [-0.4, -0.2) is 60.4 Å². The average Bonchev–Trinajstić information content (AvgIpc) is 2.99. The molecule has 1 unspecified atom stereocenters. The summed E-state index contributed by atoms with van der Waals surface area (Å²) in [6, 6.07) is 20.9. The van der Waals surface area contributed by atoms with E-state index in [0.717, 1.165) is 11.3 Å². The number of carbonyl (C=O) groups is 3. The first-order valence-electron chi connectivity index (χ1n) is 14.1. The minimum absolute atomic E-state index is 0.00443. The molecule has 0 aliphatic carbocycles. The summed E-state index contributed by atoms with van der Waals surface area (Å²) in [5.74, 6) is -1.83. The number of benzene rings is 3. The predicted molar refractivity (Wildman–Crippen MR) is 160 cm³/mol. The zero-order valence-electron chi connectivity index (χ0n) is 23.7. The number of rotatable bonds is 7. The van der Waals surface area contributed by atoms with Gasteiger partial charge in [-0.2, -0.15) is 0 Å². The van der Waals surface area contributed by atoms with E-state index in [0.29, 0.717) is 53.6 Å². The summed E-state index contributed by atoms with van der Waals surface area (Å²) < 4.78 is 19.4. The van der Waals surface area contributed by atoms with Crippen LogP contribution in [0.5, 0.6) is 0 Å². The van der Waals surface area contributed by atoms with Crippen LogP contribution in [0.25, 0.3) is 0 Å². The van der Waals surface area contributed by atoms with Gasteiger partial charge >= 0.3 is 5.97 Å². The maximum atomic E-state index is 14.0. The first kappa shape index (κ1) is 29.3. The van der Waals surface area contributed by atoms with Crippen molar-refractivity contribution in [1.82, 2.24) is 9.80 Å². The molecule has 42 heavy (non-hydrogen) atoms. The van der Waals surface area contributed by atoms with Crippen molar-refractivity contribution < 1.29 is 23.5 Å². The predicted octanol–water partition coefficient (Wildman–Crippen LogP) is 5.79. The molecule has 0 saturated carbocycles. The average molecular weight is 590 g/mol. The quantitative estimate of drug-likeness (QED) is 0.326. The van der Waals surface area contributed by atoms with E-state index in [1.807, 2.05) is 35.2 Å². The molecule has 0 bridgehead atoms. The van der Waals surface area contributed by atoms with E-state index in [1.165, 1.54) is 12.1 Å². The lowest BCUT2D eigenvalue weighted by Gasteiger charge is -2.36. The fourth-order valence-electron chi connectivity index (χ4n) is 5.69. The second-order valence-corrected chi connectivity index (χ2v) is 10.9. The molecule has 2 aliphatic heterocycles. The van der Waals surface area contributed by atoms with Crippen molar-refractivity contribution >= 4 is 35.1 Å². The standard InChI is InChI=1S/C33H33ClFN3O4/c1-3-42-33(41)31-22(2)38(30(39)20-29(31)24-8-5-11-27(35)18-24)21-23-7-4-9-25(17-23)32(40)37-15-13-36(14-16-37)28-12-6-10-26(34)19-28/h4-12,17-19,29H,3,13-16,20-21H2,1-2H3. The van der Waals surface area contributed by atoms with Crippen molar-refractivity contribution in [3.05, 3.63) is 112 Å². The van der Waals surface area contributed by atoms with Gasteiger partial charge in [0.15, 0.2) is 0 Å². The Bertz CT molecular complexity index is 1530. The van der Waals surface area contributed by atoms with Crippen LogP contribution in [0, 0.1) is 5.82 Å².